The second-order valence-corrected chi connectivity index (χ2v) is 6.55. The third-order valence-corrected chi connectivity index (χ3v) is 3.99. The van der Waals surface area contributed by atoms with E-state index in [2.05, 4.69) is 49.1 Å². The second kappa shape index (κ2) is 7.23. The quantitative estimate of drug-likeness (QED) is 0.794. The molecule has 4 nitrogen and oxygen atoms in total. The summed E-state index contributed by atoms with van der Waals surface area (Å²) in [6.07, 6.45) is 3.45. The molecule has 19 heavy (non-hydrogen) atoms. The third kappa shape index (κ3) is 5.48. The van der Waals surface area contributed by atoms with Crippen molar-refractivity contribution in [3.05, 3.63) is 0 Å². The molecule has 4 heteroatoms. The molecule has 0 aromatic carbocycles. The van der Waals surface area contributed by atoms with E-state index in [9.17, 15) is 5.26 Å². The van der Waals surface area contributed by atoms with E-state index < -0.39 is 5.54 Å². The standard InChI is InChI=1S/C15H30N4/c1-13(2)17-15(3,12-16)8-10-19-9-6-7-14(11-19)18(4)5/h13-14,17H,6-11H2,1-5H3. The highest BCUT2D eigenvalue weighted by Crippen LogP contribution is 2.17. The third-order valence-electron chi connectivity index (χ3n) is 3.99. The molecule has 0 aliphatic carbocycles. The molecule has 2 unspecified atom stereocenters. The molecular weight excluding hydrogens is 236 g/mol. The summed E-state index contributed by atoms with van der Waals surface area (Å²) in [7, 11) is 4.32. The molecule has 1 rings (SSSR count). The highest BCUT2D eigenvalue weighted by Gasteiger charge is 2.27. The van der Waals surface area contributed by atoms with Crippen LogP contribution in [-0.4, -0.2) is 61.2 Å². The zero-order chi connectivity index (χ0) is 14.5. The largest absolute Gasteiger partial charge is 0.305 e. The van der Waals surface area contributed by atoms with Gasteiger partial charge in [0.05, 0.1) is 6.07 Å². The van der Waals surface area contributed by atoms with Gasteiger partial charge in [0.1, 0.15) is 5.54 Å². The zero-order valence-corrected chi connectivity index (χ0v) is 13.2. The van der Waals surface area contributed by atoms with Crippen LogP contribution in [0.15, 0.2) is 0 Å². The molecule has 0 aromatic rings. The lowest BCUT2D eigenvalue weighted by Crippen LogP contribution is -2.50. The predicted octanol–water partition coefficient (Wildman–Crippen LogP) is 1.68. The van der Waals surface area contributed by atoms with Crippen molar-refractivity contribution in [3.63, 3.8) is 0 Å². The zero-order valence-electron chi connectivity index (χ0n) is 13.2. The Morgan fingerprint density at radius 2 is 2.16 bits per heavy atom. The van der Waals surface area contributed by atoms with E-state index in [0.29, 0.717) is 12.1 Å². The van der Waals surface area contributed by atoms with Crippen LogP contribution in [0.2, 0.25) is 0 Å². The minimum atomic E-state index is -0.404. The van der Waals surface area contributed by atoms with Crippen molar-refractivity contribution in [2.24, 2.45) is 0 Å². The topological polar surface area (TPSA) is 42.3 Å². The molecule has 0 spiro atoms. The van der Waals surface area contributed by atoms with Gasteiger partial charge in [-0.2, -0.15) is 5.26 Å². The maximum absolute atomic E-state index is 9.36. The number of piperidine rings is 1. The van der Waals surface area contributed by atoms with Gasteiger partial charge in [-0.05, 0) is 60.7 Å². The fourth-order valence-electron chi connectivity index (χ4n) is 2.83. The molecule has 1 aliphatic rings. The molecule has 2 atom stereocenters. The van der Waals surface area contributed by atoms with E-state index in [-0.39, 0.29) is 0 Å². The number of hydrogen-bond acceptors (Lipinski definition) is 4. The highest BCUT2D eigenvalue weighted by atomic mass is 15.2. The van der Waals surface area contributed by atoms with E-state index in [1.165, 1.54) is 19.4 Å². The summed E-state index contributed by atoms with van der Waals surface area (Å²) in [6, 6.07) is 3.45. The van der Waals surface area contributed by atoms with Gasteiger partial charge in [0, 0.05) is 25.2 Å². The summed E-state index contributed by atoms with van der Waals surface area (Å²) in [5, 5.41) is 12.7. The van der Waals surface area contributed by atoms with E-state index >= 15 is 0 Å². The fourth-order valence-corrected chi connectivity index (χ4v) is 2.83. The molecule has 110 valence electrons. The van der Waals surface area contributed by atoms with Crippen molar-refractivity contribution < 1.29 is 0 Å². The number of nitrogens with zero attached hydrogens (tertiary/aromatic N) is 3. The Morgan fingerprint density at radius 3 is 2.68 bits per heavy atom. The fraction of sp³-hybridized carbons (Fsp3) is 0.933. The smallest absolute Gasteiger partial charge is 0.105 e. The molecule has 0 aromatic heterocycles. The molecule has 0 saturated carbocycles. The van der Waals surface area contributed by atoms with Crippen LogP contribution in [0.1, 0.15) is 40.0 Å². The van der Waals surface area contributed by atoms with Gasteiger partial charge in [-0.1, -0.05) is 0 Å². The summed E-state index contributed by atoms with van der Waals surface area (Å²) in [4.78, 5) is 4.83. The molecule has 0 radical (unpaired) electrons. The first-order valence-electron chi connectivity index (χ1n) is 7.44. The lowest BCUT2D eigenvalue weighted by molar-refractivity contribution is 0.126. The molecular formula is C15H30N4. The first kappa shape index (κ1) is 16.4. The second-order valence-electron chi connectivity index (χ2n) is 6.55. The summed E-state index contributed by atoms with van der Waals surface area (Å²) < 4.78 is 0. The van der Waals surface area contributed by atoms with Crippen molar-refractivity contribution in [3.8, 4) is 6.07 Å². The van der Waals surface area contributed by atoms with Crippen LogP contribution in [0, 0.1) is 11.3 Å². The number of hydrogen-bond donors (Lipinski definition) is 1. The molecule has 1 heterocycles. The summed E-state index contributed by atoms with van der Waals surface area (Å²) >= 11 is 0. The Morgan fingerprint density at radius 1 is 1.47 bits per heavy atom. The molecule has 1 fully saturated rings. The van der Waals surface area contributed by atoms with Crippen molar-refractivity contribution in [2.45, 2.75) is 57.7 Å². The van der Waals surface area contributed by atoms with E-state index in [4.69, 9.17) is 0 Å². The van der Waals surface area contributed by atoms with Crippen molar-refractivity contribution in [1.29, 1.82) is 5.26 Å². The lowest BCUT2D eigenvalue weighted by atomic mass is 9.97. The molecule has 1 N–H and O–H groups in total. The van der Waals surface area contributed by atoms with Gasteiger partial charge in [-0.15, -0.1) is 0 Å². The minimum Gasteiger partial charge on any atom is -0.305 e. The first-order valence-corrected chi connectivity index (χ1v) is 7.44. The van der Waals surface area contributed by atoms with Crippen LogP contribution in [0.25, 0.3) is 0 Å². The van der Waals surface area contributed by atoms with Crippen LogP contribution in [0.4, 0.5) is 0 Å². The average Bonchev–Trinajstić information content (AvgIpc) is 2.36. The van der Waals surface area contributed by atoms with Gasteiger partial charge in [0.25, 0.3) is 0 Å². The van der Waals surface area contributed by atoms with Gasteiger partial charge >= 0.3 is 0 Å². The Balaban J connectivity index is 2.44. The average molecular weight is 266 g/mol. The Hall–Kier alpha value is -0.630. The van der Waals surface area contributed by atoms with Crippen LogP contribution in [-0.2, 0) is 0 Å². The van der Waals surface area contributed by atoms with E-state index in [1.54, 1.807) is 0 Å². The van der Waals surface area contributed by atoms with Gasteiger partial charge in [0.15, 0.2) is 0 Å². The van der Waals surface area contributed by atoms with Crippen molar-refractivity contribution >= 4 is 0 Å². The number of rotatable bonds is 6. The monoisotopic (exact) mass is 266 g/mol. The normalized spacial score (nSPS) is 24.4. The predicted molar refractivity (Wildman–Crippen MR) is 80.1 cm³/mol. The summed E-state index contributed by atoms with van der Waals surface area (Å²) in [5.41, 5.74) is -0.404. The van der Waals surface area contributed by atoms with Gasteiger partial charge in [0.2, 0.25) is 0 Å². The number of likely N-dealkylation sites (tertiary alicyclic amines) is 1. The maximum atomic E-state index is 9.36. The molecule has 0 amide bonds. The van der Waals surface area contributed by atoms with Crippen LogP contribution < -0.4 is 5.32 Å². The van der Waals surface area contributed by atoms with Crippen LogP contribution >= 0.6 is 0 Å². The maximum Gasteiger partial charge on any atom is 0.105 e. The lowest BCUT2D eigenvalue weighted by Gasteiger charge is -2.37. The Kier molecular flexibility index (Phi) is 6.25. The summed E-state index contributed by atoms with van der Waals surface area (Å²) in [5.74, 6) is 0. The SMILES string of the molecule is CC(C)NC(C)(C#N)CCN1CCCC(N(C)C)C1. The number of nitriles is 1. The van der Waals surface area contributed by atoms with Crippen molar-refractivity contribution in [2.75, 3.05) is 33.7 Å². The van der Waals surface area contributed by atoms with Crippen LogP contribution in [0.5, 0.6) is 0 Å². The van der Waals surface area contributed by atoms with Crippen LogP contribution in [0.3, 0.4) is 0 Å². The molecule has 0 bridgehead atoms. The molecule has 1 aliphatic heterocycles. The van der Waals surface area contributed by atoms with Crippen molar-refractivity contribution in [1.82, 2.24) is 15.1 Å². The molecule has 1 saturated heterocycles. The minimum absolute atomic E-state index is 0.348. The number of nitrogens with one attached hydrogen (secondary N) is 1. The van der Waals surface area contributed by atoms with E-state index in [1.807, 2.05) is 6.92 Å². The summed E-state index contributed by atoms with van der Waals surface area (Å²) in [6.45, 7) is 9.52. The van der Waals surface area contributed by atoms with Gasteiger partial charge in [-0.25, -0.2) is 0 Å². The highest BCUT2D eigenvalue weighted by molar-refractivity contribution is 5.04. The number of likely N-dealkylation sites (N-methyl/N-ethyl adjacent to an activating group) is 1. The van der Waals surface area contributed by atoms with Gasteiger partial charge in [-0.3, -0.25) is 5.32 Å². The Bertz CT molecular complexity index is 308. The van der Waals surface area contributed by atoms with E-state index in [0.717, 1.165) is 19.5 Å². The Labute approximate surface area is 118 Å². The van der Waals surface area contributed by atoms with Gasteiger partial charge < -0.3 is 9.80 Å². The first-order chi connectivity index (χ1) is 8.86.